The van der Waals surface area contributed by atoms with Gasteiger partial charge < -0.3 is 14.8 Å². The number of esters is 1. The second-order valence-electron chi connectivity index (χ2n) is 5.97. The smallest absolute Gasteiger partial charge is 0.408 e. The van der Waals surface area contributed by atoms with E-state index in [9.17, 15) is 19.2 Å². The van der Waals surface area contributed by atoms with Crippen LogP contribution < -0.4 is 10.6 Å². The van der Waals surface area contributed by atoms with Crippen molar-refractivity contribution in [2.75, 3.05) is 0 Å². The molecule has 0 aliphatic carbocycles. The van der Waals surface area contributed by atoms with Crippen molar-refractivity contribution in [3.05, 3.63) is 35.9 Å². The summed E-state index contributed by atoms with van der Waals surface area (Å²) in [6.45, 7) is 3.48. The fraction of sp³-hybridized carbons (Fsp3) is 0.412. The number of imide groups is 1. The minimum atomic E-state index is -1.16. The third-order valence-electron chi connectivity index (χ3n) is 3.59. The summed E-state index contributed by atoms with van der Waals surface area (Å²) in [6, 6.07) is 8.09. The third-order valence-corrected chi connectivity index (χ3v) is 3.59. The number of hydrogen-bond donors (Lipinski definition) is 2. The van der Waals surface area contributed by atoms with E-state index in [-0.39, 0.29) is 18.9 Å². The summed E-state index contributed by atoms with van der Waals surface area (Å²) >= 11 is 0. The van der Waals surface area contributed by atoms with Crippen LogP contribution >= 0.6 is 0 Å². The highest BCUT2D eigenvalue weighted by molar-refractivity contribution is 6.05. The molecule has 2 atom stereocenters. The van der Waals surface area contributed by atoms with Crippen molar-refractivity contribution in [1.82, 2.24) is 10.6 Å². The Hall–Kier alpha value is -2.90. The lowest BCUT2D eigenvalue weighted by Crippen LogP contribution is -2.47. The Labute approximate surface area is 144 Å². The maximum atomic E-state index is 12.2. The first-order chi connectivity index (χ1) is 11.9. The quantitative estimate of drug-likeness (QED) is 0.584. The monoisotopic (exact) mass is 348 g/mol. The Morgan fingerprint density at radius 2 is 1.92 bits per heavy atom. The minimum Gasteiger partial charge on any atom is -0.450 e. The molecule has 25 heavy (non-hydrogen) atoms. The zero-order chi connectivity index (χ0) is 18.4. The van der Waals surface area contributed by atoms with Crippen LogP contribution in [0.15, 0.2) is 30.3 Å². The normalized spacial score (nSPS) is 17.8. The zero-order valence-corrected chi connectivity index (χ0v) is 14.0. The second kappa shape index (κ2) is 8.27. The molecule has 0 unspecified atom stereocenters. The van der Waals surface area contributed by atoms with E-state index >= 15 is 0 Å². The molecule has 2 N–H and O–H groups in total. The topological polar surface area (TPSA) is 111 Å². The number of nitrogens with one attached hydrogen (secondary N) is 2. The van der Waals surface area contributed by atoms with Crippen LogP contribution in [0.4, 0.5) is 4.79 Å². The number of amides is 3. The van der Waals surface area contributed by atoms with E-state index in [1.165, 1.54) is 0 Å². The molecule has 0 bridgehead atoms. The number of carbonyl (C=O) groups excluding carboxylic acids is 4. The average molecular weight is 348 g/mol. The van der Waals surface area contributed by atoms with Crippen molar-refractivity contribution < 1.29 is 28.7 Å². The number of hydrogen-bond acceptors (Lipinski definition) is 6. The molecular formula is C17H20N2O6. The van der Waals surface area contributed by atoms with Gasteiger partial charge in [0.15, 0.2) is 6.10 Å². The standard InChI is InChI=1S/C17H20N2O6/c1-10(2)14(16(22)25-12-8-13(20)18-15(12)21)19-17(23)24-9-11-6-4-3-5-7-11/h3-7,10,12,14H,8-9H2,1-2H3,(H,19,23)(H,18,20,21)/t12-,14-/m1/s1. The lowest BCUT2D eigenvalue weighted by Gasteiger charge is -2.21. The zero-order valence-electron chi connectivity index (χ0n) is 14.0. The Kier molecular flexibility index (Phi) is 6.10. The summed E-state index contributed by atoms with van der Waals surface area (Å²) in [7, 11) is 0. The van der Waals surface area contributed by atoms with Gasteiger partial charge in [0, 0.05) is 0 Å². The highest BCUT2D eigenvalue weighted by atomic mass is 16.6. The van der Waals surface area contributed by atoms with Gasteiger partial charge in [-0.15, -0.1) is 0 Å². The molecule has 1 aliphatic heterocycles. The average Bonchev–Trinajstić information content (AvgIpc) is 2.88. The molecule has 1 heterocycles. The molecule has 3 amide bonds. The summed E-state index contributed by atoms with van der Waals surface area (Å²) in [6.07, 6.45) is -2.15. The second-order valence-corrected chi connectivity index (χ2v) is 5.97. The third kappa shape index (κ3) is 5.30. The van der Waals surface area contributed by atoms with Crippen molar-refractivity contribution in [1.29, 1.82) is 0 Å². The van der Waals surface area contributed by atoms with Crippen LogP contribution in [0.1, 0.15) is 25.8 Å². The summed E-state index contributed by atoms with van der Waals surface area (Å²) in [5.41, 5.74) is 0.808. The molecular weight excluding hydrogens is 328 g/mol. The van der Waals surface area contributed by atoms with Crippen molar-refractivity contribution >= 4 is 23.9 Å². The molecule has 0 saturated carbocycles. The van der Waals surface area contributed by atoms with Crippen molar-refractivity contribution in [2.45, 2.75) is 39.0 Å². The van der Waals surface area contributed by atoms with Gasteiger partial charge in [-0.25, -0.2) is 9.59 Å². The van der Waals surface area contributed by atoms with Gasteiger partial charge in [0.2, 0.25) is 5.91 Å². The lowest BCUT2D eigenvalue weighted by atomic mass is 10.1. The molecule has 1 aromatic rings. The van der Waals surface area contributed by atoms with Crippen LogP contribution in [0, 0.1) is 5.92 Å². The number of carbonyl (C=O) groups is 4. The highest BCUT2D eigenvalue weighted by Gasteiger charge is 2.36. The first kappa shape index (κ1) is 18.4. The van der Waals surface area contributed by atoms with Crippen LogP contribution in [0.25, 0.3) is 0 Å². The SMILES string of the molecule is CC(C)[C@@H](NC(=O)OCc1ccccc1)C(=O)O[C@@H]1CC(=O)NC1=O. The predicted octanol–water partition coefficient (Wildman–Crippen LogP) is 0.896. The summed E-state index contributed by atoms with van der Waals surface area (Å²) in [5.74, 6) is -2.25. The molecule has 134 valence electrons. The Bertz CT molecular complexity index is 658. The van der Waals surface area contributed by atoms with E-state index < -0.39 is 36.0 Å². The van der Waals surface area contributed by atoms with E-state index in [4.69, 9.17) is 9.47 Å². The number of ether oxygens (including phenoxy) is 2. The van der Waals surface area contributed by atoms with Crippen molar-refractivity contribution in [2.24, 2.45) is 5.92 Å². The molecule has 2 rings (SSSR count). The number of benzene rings is 1. The van der Waals surface area contributed by atoms with E-state index in [0.717, 1.165) is 5.56 Å². The van der Waals surface area contributed by atoms with Crippen LogP contribution in [0.2, 0.25) is 0 Å². The maximum Gasteiger partial charge on any atom is 0.408 e. The molecule has 1 saturated heterocycles. The van der Waals surface area contributed by atoms with Gasteiger partial charge in [-0.2, -0.15) is 0 Å². The van der Waals surface area contributed by atoms with Gasteiger partial charge in [0.05, 0.1) is 6.42 Å². The maximum absolute atomic E-state index is 12.2. The van der Waals surface area contributed by atoms with Crippen LogP contribution in [0.3, 0.4) is 0 Å². The van der Waals surface area contributed by atoms with Crippen LogP contribution in [-0.2, 0) is 30.5 Å². The summed E-state index contributed by atoms with van der Waals surface area (Å²) < 4.78 is 10.1. The minimum absolute atomic E-state index is 0.0616. The van der Waals surface area contributed by atoms with Crippen molar-refractivity contribution in [3.63, 3.8) is 0 Å². The van der Waals surface area contributed by atoms with Gasteiger partial charge >= 0.3 is 12.1 Å². The van der Waals surface area contributed by atoms with Gasteiger partial charge in [-0.05, 0) is 11.5 Å². The molecule has 0 aromatic heterocycles. The molecule has 0 spiro atoms. The Morgan fingerprint density at radius 1 is 1.24 bits per heavy atom. The molecule has 0 radical (unpaired) electrons. The summed E-state index contributed by atoms with van der Waals surface area (Å²) in [4.78, 5) is 46.7. The molecule has 8 nitrogen and oxygen atoms in total. The molecule has 1 fully saturated rings. The largest absolute Gasteiger partial charge is 0.450 e. The summed E-state index contributed by atoms with van der Waals surface area (Å²) in [5, 5.41) is 4.49. The fourth-order valence-electron chi connectivity index (χ4n) is 2.23. The molecule has 8 heteroatoms. The van der Waals surface area contributed by atoms with E-state index in [1.54, 1.807) is 26.0 Å². The van der Waals surface area contributed by atoms with Gasteiger partial charge in [-0.1, -0.05) is 44.2 Å². The highest BCUT2D eigenvalue weighted by Crippen LogP contribution is 2.12. The van der Waals surface area contributed by atoms with Gasteiger partial charge in [0.25, 0.3) is 5.91 Å². The van der Waals surface area contributed by atoms with E-state index in [1.807, 2.05) is 18.2 Å². The van der Waals surface area contributed by atoms with E-state index in [2.05, 4.69) is 10.6 Å². The Balaban J connectivity index is 1.88. The Morgan fingerprint density at radius 3 is 2.48 bits per heavy atom. The predicted molar refractivity (Wildman–Crippen MR) is 86.0 cm³/mol. The van der Waals surface area contributed by atoms with E-state index in [0.29, 0.717) is 0 Å². The van der Waals surface area contributed by atoms with Crippen molar-refractivity contribution in [3.8, 4) is 0 Å². The number of rotatable bonds is 6. The fourth-order valence-corrected chi connectivity index (χ4v) is 2.23. The first-order valence-corrected chi connectivity index (χ1v) is 7.88. The van der Waals surface area contributed by atoms with Gasteiger partial charge in [-0.3, -0.25) is 14.9 Å². The van der Waals surface area contributed by atoms with Gasteiger partial charge in [0.1, 0.15) is 12.6 Å². The number of alkyl carbamates (subject to hydrolysis) is 1. The molecule has 1 aliphatic rings. The van der Waals surface area contributed by atoms with Crippen LogP contribution in [-0.4, -0.2) is 36.0 Å². The van der Waals surface area contributed by atoms with Crippen LogP contribution in [0.5, 0.6) is 0 Å². The molecule has 1 aromatic carbocycles. The first-order valence-electron chi connectivity index (χ1n) is 7.88. The lowest BCUT2D eigenvalue weighted by molar-refractivity contribution is -0.157.